The molecule has 2 rings (SSSR count). The van der Waals surface area contributed by atoms with Crippen LogP contribution in [-0.4, -0.2) is 11.5 Å². The van der Waals surface area contributed by atoms with Crippen molar-refractivity contribution in [2.45, 2.75) is 26.2 Å². The number of nitrogens with one attached hydrogen (secondary N) is 1. The second-order valence-corrected chi connectivity index (χ2v) is 5.76. The number of rotatable bonds is 4. The van der Waals surface area contributed by atoms with E-state index in [4.69, 9.17) is 0 Å². The van der Waals surface area contributed by atoms with Crippen LogP contribution in [0.2, 0.25) is 0 Å². The monoisotopic (exact) mass is 246 g/mol. The van der Waals surface area contributed by atoms with E-state index < -0.39 is 0 Å². The first-order valence-electron chi connectivity index (χ1n) is 5.79. The lowest BCUT2D eigenvalue weighted by atomic mass is 9.85. The van der Waals surface area contributed by atoms with E-state index in [9.17, 15) is 0 Å². The van der Waals surface area contributed by atoms with Gasteiger partial charge in [-0.05, 0) is 12.5 Å². The molecule has 1 heterocycles. The van der Waals surface area contributed by atoms with Crippen molar-refractivity contribution in [1.82, 2.24) is 4.98 Å². The molecule has 1 aromatic heterocycles. The first kappa shape index (κ1) is 12.1. The van der Waals surface area contributed by atoms with Crippen LogP contribution in [-0.2, 0) is 5.41 Å². The molecule has 3 heteroatoms. The van der Waals surface area contributed by atoms with Gasteiger partial charge in [0.05, 0.1) is 5.69 Å². The molecule has 1 N–H and O–H groups in total. The smallest absolute Gasteiger partial charge is 0.182 e. The predicted octanol–water partition coefficient (Wildman–Crippen LogP) is 3.84. The predicted molar refractivity (Wildman–Crippen MR) is 74.8 cm³/mol. The largest absolute Gasteiger partial charge is 0.361 e. The number of aromatic nitrogens is 1. The molecule has 90 valence electrons. The maximum absolute atomic E-state index is 4.41. The molecule has 0 atom stereocenters. The molecule has 0 aliphatic carbocycles. The second-order valence-electron chi connectivity index (χ2n) is 4.90. The summed E-state index contributed by atoms with van der Waals surface area (Å²) in [6.07, 6.45) is 0. The zero-order chi connectivity index (χ0) is 12.3. The van der Waals surface area contributed by atoms with Gasteiger partial charge in [0.25, 0.3) is 0 Å². The van der Waals surface area contributed by atoms with Crippen LogP contribution in [0.4, 0.5) is 5.13 Å². The van der Waals surface area contributed by atoms with Crippen molar-refractivity contribution in [2.75, 3.05) is 11.9 Å². The molecule has 0 bridgehead atoms. The second kappa shape index (κ2) is 4.88. The van der Waals surface area contributed by atoms with E-state index >= 15 is 0 Å². The molecule has 2 aromatic rings. The van der Waals surface area contributed by atoms with Crippen LogP contribution in [0.25, 0.3) is 0 Å². The Labute approximate surface area is 107 Å². The molecule has 17 heavy (non-hydrogen) atoms. The van der Waals surface area contributed by atoms with Gasteiger partial charge in [0.15, 0.2) is 5.13 Å². The molecule has 0 spiro atoms. The lowest BCUT2D eigenvalue weighted by molar-refractivity contribution is 0.557. The molecule has 0 aliphatic heterocycles. The molecule has 0 fully saturated rings. The third-order valence-electron chi connectivity index (χ3n) is 2.86. The van der Waals surface area contributed by atoms with E-state index in [1.807, 2.05) is 6.92 Å². The molecule has 0 saturated heterocycles. The summed E-state index contributed by atoms with van der Waals surface area (Å²) >= 11 is 1.66. The first-order chi connectivity index (χ1) is 8.08. The van der Waals surface area contributed by atoms with Gasteiger partial charge in [0.1, 0.15) is 0 Å². The van der Waals surface area contributed by atoms with E-state index in [2.05, 4.69) is 59.9 Å². The maximum atomic E-state index is 4.41. The van der Waals surface area contributed by atoms with Crippen molar-refractivity contribution in [1.29, 1.82) is 0 Å². The summed E-state index contributed by atoms with van der Waals surface area (Å²) < 4.78 is 0. The number of nitrogens with zero attached hydrogens (tertiary/aromatic N) is 1. The van der Waals surface area contributed by atoms with Gasteiger partial charge in [-0.2, -0.15) is 0 Å². The molecule has 0 radical (unpaired) electrons. The maximum Gasteiger partial charge on any atom is 0.182 e. The van der Waals surface area contributed by atoms with Gasteiger partial charge in [-0.1, -0.05) is 44.2 Å². The van der Waals surface area contributed by atoms with Gasteiger partial charge in [0.2, 0.25) is 0 Å². The minimum Gasteiger partial charge on any atom is -0.361 e. The van der Waals surface area contributed by atoms with Gasteiger partial charge in [-0.3, -0.25) is 0 Å². The van der Waals surface area contributed by atoms with Gasteiger partial charge in [-0.15, -0.1) is 11.3 Å². The number of hydrogen-bond acceptors (Lipinski definition) is 3. The van der Waals surface area contributed by atoms with E-state index in [-0.39, 0.29) is 5.41 Å². The minimum absolute atomic E-state index is 0.112. The molecule has 0 aliphatic rings. The van der Waals surface area contributed by atoms with Crippen molar-refractivity contribution in [2.24, 2.45) is 0 Å². The van der Waals surface area contributed by atoms with E-state index in [1.54, 1.807) is 11.3 Å². The fraction of sp³-hybridized carbons (Fsp3) is 0.357. The van der Waals surface area contributed by atoms with Crippen molar-refractivity contribution in [3.63, 3.8) is 0 Å². The number of anilines is 1. The van der Waals surface area contributed by atoms with E-state index in [0.717, 1.165) is 17.4 Å². The summed E-state index contributed by atoms with van der Waals surface area (Å²) in [5.41, 5.74) is 2.54. The molecular formula is C14H18N2S. The summed E-state index contributed by atoms with van der Waals surface area (Å²) in [5.74, 6) is 0. The fourth-order valence-electron chi connectivity index (χ4n) is 1.72. The van der Waals surface area contributed by atoms with Crippen LogP contribution in [0.1, 0.15) is 25.1 Å². The van der Waals surface area contributed by atoms with E-state index in [1.165, 1.54) is 5.56 Å². The number of thiazole rings is 1. The fourth-order valence-corrected chi connectivity index (χ4v) is 2.41. The SMILES string of the molecule is Cc1csc(NCC(C)(C)c2ccccc2)n1. The third kappa shape index (κ3) is 3.07. The Morgan fingerprint density at radius 3 is 2.53 bits per heavy atom. The lowest BCUT2D eigenvalue weighted by Crippen LogP contribution is -2.27. The topological polar surface area (TPSA) is 24.9 Å². The van der Waals surface area contributed by atoms with Crippen LogP contribution < -0.4 is 5.32 Å². The summed E-state index contributed by atoms with van der Waals surface area (Å²) in [6, 6.07) is 10.6. The zero-order valence-electron chi connectivity index (χ0n) is 10.5. The molecule has 0 amide bonds. The number of aryl methyl sites for hydroxylation is 1. The highest BCUT2D eigenvalue weighted by molar-refractivity contribution is 7.13. The normalized spacial score (nSPS) is 11.5. The minimum atomic E-state index is 0.112. The van der Waals surface area contributed by atoms with Gasteiger partial charge in [0, 0.05) is 17.3 Å². The summed E-state index contributed by atoms with van der Waals surface area (Å²) in [4.78, 5) is 4.41. The Morgan fingerprint density at radius 1 is 1.24 bits per heavy atom. The Kier molecular flexibility index (Phi) is 3.48. The quantitative estimate of drug-likeness (QED) is 0.886. The average Bonchev–Trinajstić information content (AvgIpc) is 2.74. The Hall–Kier alpha value is -1.35. The molecule has 0 unspecified atom stereocenters. The summed E-state index contributed by atoms with van der Waals surface area (Å²) in [6.45, 7) is 7.40. The summed E-state index contributed by atoms with van der Waals surface area (Å²) in [5, 5.41) is 6.48. The van der Waals surface area contributed by atoms with Crippen molar-refractivity contribution in [3.05, 3.63) is 47.0 Å². The standard InChI is InChI=1S/C14H18N2S/c1-11-9-17-13(16-11)15-10-14(2,3)12-7-5-4-6-8-12/h4-9H,10H2,1-3H3,(H,15,16). The Morgan fingerprint density at radius 2 is 1.94 bits per heavy atom. The van der Waals surface area contributed by atoms with Crippen LogP contribution in [0.3, 0.4) is 0 Å². The highest BCUT2D eigenvalue weighted by atomic mass is 32.1. The first-order valence-corrected chi connectivity index (χ1v) is 6.67. The average molecular weight is 246 g/mol. The van der Waals surface area contributed by atoms with Crippen LogP contribution >= 0.6 is 11.3 Å². The molecule has 2 nitrogen and oxygen atoms in total. The van der Waals surface area contributed by atoms with E-state index in [0.29, 0.717) is 0 Å². The van der Waals surface area contributed by atoms with Crippen LogP contribution in [0, 0.1) is 6.92 Å². The van der Waals surface area contributed by atoms with Crippen molar-refractivity contribution < 1.29 is 0 Å². The summed E-state index contributed by atoms with van der Waals surface area (Å²) in [7, 11) is 0. The van der Waals surface area contributed by atoms with Crippen molar-refractivity contribution in [3.8, 4) is 0 Å². The number of benzene rings is 1. The molecule has 0 saturated carbocycles. The highest BCUT2D eigenvalue weighted by Crippen LogP contribution is 2.24. The Bertz CT molecular complexity index is 474. The molecular weight excluding hydrogens is 228 g/mol. The lowest BCUT2D eigenvalue weighted by Gasteiger charge is -2.25. The van der Waals surface area contributed by atoms with Crippen LogP contribution in [0.15, 0.2) is 35.7 Å². The zero-order valence-corrected chi connectivity index (χ0v) is 11.3. The van der Waals surface area contributed by atoms with Gasteiger partial charge < -0.3 is 5.32 Å². The number of hydrogen-bond donors (Lipinski definition) is 1. The van der Waals surface area contributed by atoms with Crippen molar-refractivity contribution >= 4 is 16.5 Å². The van der Waals surface area contributed by atoms with Crippen LogP contribution in [0.5, 0.6) is 0 Å². The van der Waals surface area contributed by atoms with Gasteiger partial charge in [-0.25, -0.2) is 4.98 Å². The third-order valence-corrected chi connectivity index (χ3v) is 3.77. The van der Waals surface area contributed by atoms with Gasteiger partial charge >= 0.3 is 0 Å². The highest BCUT2D eigenvalue weighted by Gasteiger charge is 2.20. The molecule has 1 aromatic carbocycles. The Balaban J connectivity index is 2.03.